The Morgan fingerprint density at radius 3 is 2.36 bits per heavy atom. The molecule has 166 valence electrons. The highest BCUT2D eigenvalue weighted by Crippen LogP contribution is 2.28. The van der Waals surface area contributed by atoms with Crippen molar-refractivity contribution >= 4 is 16.9 Å². The first-order chi connectivity index (χ1) is 16.3. The van der Waals surface area contributed by atoms with Crippen molar-refractivity contribution in [1.29, 1.82) is 0 Å². The van der Waals surface area contributed by atoms with Gasteiger partial charge >= 0.3 is 0 Å². The predicted molar refractivity (Wildman–Crippen MR) is 133 cm³/mol. The van der Waals surface area contributed by atoms with Gasteiger partial charge in [-0.05, 0) is 42.5 Å². The maximum absolute atomic E-state index is 14.1. The lowest BCUT2D eigenvalue weighted by Crippen LogP contribution is -2.35. The van der Waals surface area contributed by atoms with Gasteiger partial charge in [-0.2, -0.15) is 0 Å². The quantitative estimate of drug-likeness (QED) is 0.346. The smallest absolute Gasteiger partial charge is 0.254 e. The van der Waals surface area contributed by atoms with Crippen LogP contribution in [0, 0.1) is 5.92 Å². The van der Waals surface area contributed by atoms with Crippen LogP contribution >= 0.6 is 0 Å². The molecule has 0 aliphatic heterocycles. The molecule has 2 heterocycles. The number of pyridine rings is 2. The first kappa shape index (κ1) is 21.3. The Balaban J connectivity index is 1.55. The second-order valence-corrected chi connectivity index (χ2v) is 8.97. The molecule has 33 heavy (non-hydrogen) atoms. The molecule has 1 saturated carbocycles. The Kier molecular flexibility index (Phi) is 6.43. The van der Waals surface area contributed by atoms with Crippen molar-refractivity contribution in [3.8, 4) is 11.3 Å². The third-order valence-corrected chi connectivity index (χ3v) is 6.59. The largest absolute Gasteiger partial charge is 0.334 e. The standard InChI is InChI=1S/C29H29N3O/c33-29(32(20-22-11-4-1-5-12-22)21-23-13-6-2-7-14-23)26-19-27(24-15-8-3-9-16-24)31-28-25(26)17-10-18-30-28/h1,3-5,8-12,15-19,23H,2,6-7,13-14,20-21H2. The maximum Gasteiger partial charge on any atom is 0.254 e. The molecular formula is C29H29N3O. The SMILES string of the molecule is O=C(c1cc(-c2ccccc2)nc2ncccc12)N(Cc1ccccc1)CC1CCCCC1. The van der Waals surface area contributed by atoms with E-state index in [0.717, 1.165) is 28.8 Å². The van der Waals surface area contributed by atoms with Crippen molar-refractivity contribution in [2.75, 3.05) is 6.54 Å². The van der Waals surface area contributed by atoms with E-state index in [1.165, 1.54) is 32.1 Å². The first-order valence-corrected chi connectivity index (χ1v) is 11.9. The van der Waals surface area contributed by atoms with Gasteiger partial charge in [0.2, 0.25) is 0 Å². The summed E-state index contributed by atoms with van der Waals surface area (Å²) in [7, 11) is 0. The Morgan fingerprint density at radius 2 is 1.61 bits per heavy atom. The summed E-state index contributed by atoms with van der Waals surface area (Å²) >= 11 is 0. The van der Waals surface area contributed by atoms with Crippen molar-refractivity contribution < 1.29 is 4.79 Å². The van der Waals surface area contributed by atoms with Crippen LogP contribution in [0.5, 0.6) is 0 Å². The number of hydrogen-bond acceptors (Lipinski definition) is 3. The topological polar surface area (TPSA) is 46.1 Å². The molecular weight excluding hydrogens is 406 g/mol. The number of carbonyl (C=O) groups excluding carboxylic acids is 1. The van der Waals surface area contributed by atoms with Crippen molar-refractivity contribution in [1.82, 2.24) is 14.9 Å². The zero-order chi connectivity index (χ0) is 22.5. The minimum atomic E-state index is 0.0574. The molecule has 0 unspecified atom stereocenters. The van der Waals surface area contributed by atoms with E-state index in [1.807, 2.05) is 71.6 Å². The van der Waals surface area contributed by atoms with Crippen molar-refractivity contribution in [3.05, 3.63) is 96.2 Å². The van der Waals surface area contributed by atoms with E-state index in [2.05, 4.69) is 17.1 Å². The van der Waals surface area contributed by atoms with Crippen molar-refractivity contribution in [2.24, 2.45) is 5.92 Å². The van der Waals surface area contributed by atoms with Gasteiger partial charge in [-0.3, -0.25) is 4.79 Å². The van der Waals surface area contributed by atoms with Gasteiger partial charge in [0.25, 0.3) is 5.91 Å². The molecule has 4 aromatic rings. The van der Waals surface area contributed by atoms with E-state index in [9.17, 15) is 4.79 Å². The van der Waals surface area contributed by atoms with E-state index in [1.54, 1.807) is 6.20 Å². The molecule has 0 bridgehead atoms. The van der Waals surface area contributed by atoms with Crippen LogP contribution in [-0.2, 0) is 6.54 Å². The summed E-state index contributed by atoms with van der Waals surface area (Å²) in [6, 6.07) is 26.1. The van der Waals surface area contributed by atoms with E-state index < -0.39 is 0 Å². The summed E-state index contributed by atoms with van der Waals surface area (Å²) in [6.45, 7) is 1.40. The van der Waals surface area contributed by atoms with E-state index >= 15 is 0 Å². The fourth-order valence-corrected chi connectivity index (χ4v) is 4.87. The zero-order valence-corrected chi connectivity index (χ0v) is 18.9. The fourth-order valence-electron chi connectivity index (χ4n) is 4.87. The van der Waals surface area contributed by atoms with Crippen molar-refractivity contribution in [2.45, 2.75) is 38.6 Å². The molecule has 0 saturated heterocycles. The molecule has 2 aromatic carbocycles. The Morgan fingerprint density at radius 1 is 0.879 bits per heavy atom. The molecule has 1 fully saturated rings. The van der Waals surface area contributed by atoms with E-state index in [0.29, 0.717) is 23.7 Å². The van der Waals surface area contributed by atoms with Gasteiger partial charge in [-0.15, -0.1) is 0 Å². The molecule has 4 nitrogen and oxygen atoms in total. The van der Waals surface area contributed by atoms with Crippen LogP contribution in [0.25, 0.3) is 22.3 Å². The van der Waals surface area contributed by atoms with Crippen LogP contribution in [-0.4, -0.2) is 27.3 Å². The lowest BCUT2D eigenvalue weighted by Gasteiger charge is -2.30. The first-order valence-electron chi connectivity index (χ1n) is 11.9. The van der Waals surface area contributed by atoms with Crippen LogP contribution in [0.1, 0.15) is 48.0 Å². The average molecular weight is 436 g/mol. The van der Waals surface area contributed by atoms with Gasteiger partial charge in [0.1, 0.15) is 0 Å². The summed E-state index contributed by atoms with van der Waals surface area (Å²) in [5, 5.41) is 0.809. The van der Waals surface area contributed by atoms with Gasteiger partial charge in [-0.1, -0.05) is 79.9 Å². The van der Waals surface area contributed by atoms with E-state index in [4.69, 9.17) is 4.98 Å². The number of aromatic nitrogens is 2. The lowest BCUT2D eigenvalue weighted by atomic mass is 9.88. The molecule has 0 radical (unpaired) electrons. The summed E-state index contributed by atoms with van der Waals surface area (Å²) in [6.07, 6.45) is 7.97. The third kappa shape index (κ3) is 4.95. The Labute approximate surface area is 195 Å². The molecule has 4 heteroatoms. The minimum absolute atomic E-state index is 0.0574. The minimum Gasteiger partial charge on any atom is -0.334 e. The van der Waals surface area contributed by atoms with E-state index in [-0.39, 0.29) is 5.91 Å². The predicted octanol–water partition coefficient (Wildman–Crippen LogP) is 6.52. The molecule has 0 spiro atoms. The van der Waals surface area contributed by atoms with Crippen LogP contribution < -0.4 is 0 Å². The highest BCUT2D eigenvalue weighted by Gasteiger charge is 2.24. The number of amides is 1. The molecule has 5 rings (SSSR count). The summed E-state index contributed by atoms with van der Waals surface area (Å²) in [4.78, 5) is 25.4. The van der Waals surface area contributed by atoms with Gasteiger partial charge in [0, 0.05) is 30.2 Å². The van der Waals surface area contributed by atoms with Gasteiger partial charge in [-0.25, -0.2) is 9.97 Å². The summed E-state index contributed by atoms with van der Waals surface area (Å²) < 4.78 is 0. The number of benzene rings is 2. The highest BCUT2D eigenvalue weighted by atomic mass is 16.2. The van der Waals surface area contributed by atoms with Crippen LogP contribution in [0.4, 0.5) is 0 Å². The number of fused-ring (bicyclic) bond motifs is 1. The van der Waals surface area contributed by atoms with Crippen LogP contribution in [0.3, 0.4) is 0 Å². The normalized spacial score (nSPS) is 14.3. The molecule has 1 aliphatic rings. The monoisotopic (exact) mass is 435 g/mol. The van der Waals surface area contributed by atoms with Crippen molar-refractivity contribution in [3.63, 3.8) is 0 Å². The number of rotatable bonds is 6. The number of hydrogen-bond donors (Lipinski definition) is 0. The molecule has 1 aliphatic carbocycles. The van der Waals surface area contributed by atoms with Gasteiger partial charge < -0.3 is 4.90 Å². The maximum atomic E-state index is 14.1. The fraction of sp³-hybridized carbons (Fsp3) is 0.276. The third-order valence-electron chi connectivity index (χ3n) is 6.59. The Bertz CT molecular complexity index is 1220. The lowest BCUT2D eigenvalue weighted by molar-refractivity contribution is 0.0701. The Hall–Kier alpha value is -3.53. The number of carbonyl (C=O) groups is 1. The van der Waals surface area contributed by atoms with Crippen LogP contribution in [0.15, 0.2) is 85.1 Å². The average Bonchev–Trinajstić information content (AvgIpc) is 2.89. The molecule has 0 atom stereocenters. The summed E-state index contributed by atoms with van der Waals surface area (Å²) in [5.74, 6) is 0.619. The molecule has 2 aromatic heterocycles. The summed E-state index contributed by atoms with van der Waals surface area (Å²) in [5.41, 5.74) is 4.21. The molecule has 0 N–H and O–H groups in total. The van der Waals surface area contributed by atoms with Crippen LogP contribution in [0.2, 0.25) is 0 Å². The van der Waals surface area contributed by atoms with Gasteiger partial charge in [0.05, 0.1) is 11.3 Å². The highest BCUT2D eigenvalue weighted by molar-refractivity contribution is 6.06. The zero-order valence-electron chi connectivity index (χ0n) is 18.9. The van der Waals surface area contributed by atoms with Gasteiger partial charge in [0.15, 0.2) is 5.65 Å². The second-order valence-electron chi connectivity index (χ2n) is 8.97. The second kappa shape index (κ2) is 9.95. The molecule has 1 amide bonds. The number of nitrogens with zero attached hydrogens (tertiary/aromatic N) is 3.